The fraction of sp³-hybridized carbons (Fsp3) is 0.769. The van der Waals surface area contributed by atoms with Gasteiger partial charge in [-0.3, -0.25) is 0 Å². The Morgan fingerprint density at radius 1 is 1.33 bits per heavy atom. The van der Waals surface area contributed by atoms with Crippen molar-refractivity contribution in [3.63, 3.8) is 0 Å². The van der Waals surface area contributed by atoms with Crippen LogP contribution in [0.2, 0.25) is 0 Å². The Bertz CT molecular complexity index is 370. The van der Waals surface area contributed by atoms with E-state index in [0.717, 1.165) is 31.7 Å². The van der Waals surface area contributed by atoms with E-state index in [1.807, 2.05) is 0 Å². The summed E-state index contributed by atoms with van der Waals surface area (Å²) in [5.74, 6) is 0. The molecule has 18 heavy (non-hydrogen) atoms. The quantitative estimate of drug-likeness (QED) is 0.837. The SMILES string of the molecule is c1oc(OCC2CCCCO2)nc1CNC1CC1. The third-order valence-electron chi connectivity index (χ3n) is 3.35. The van der Waals surface area contributed by atoms with Gasteiger partial charge >= 0.3 is 6.08 Å². The lowest BCUT2D eigenvalue weighted by Gasteiger charge is -2.21. The molecule has 1 saturated carbocycles. The van der Waals surface area contributed by atoms with E-state index < -0.39 is 0 Å². The molecule has 3 rings (SSSR count). The zero-order valence-corrected chi connectivity index (χ0v) is 10.6. The molecule has 0 aromatic carbocycles. The van der Waals surface area contributed by atoms with Crippen molar-refractivity contribution in [3.8, 4) is 6.08 Å². The maximum atomic E-state index is 5.59. The third-order valence-corrected chi connectivity index (χ3v) is 3.35. The summed E-state index contributed by atoms with van der Waals surface area (Å²) in [4.78, 5) is 4.29. The number of aromatic nitrogens is 1. The Kier molecular flexibility index (Phi) is 3.81. The van der Waals surface area contributed by atoms with Crippen LogP contribution in [0.5, 0.6) is 6.08 Å². The Balaban J connectivity index is 1.41. The Labute approximate surface area is 107 Å². The van der Waals surface area contributed by atoms with Gasteiger partial charge in [-0.05, 0) is 32.1 Å². The van der Waals surface area contributed by atoms with E-state index in [1.165, 1.54) is 19.3 Å². The minimum absolute atomic E-state index is 0.193. The molecule has 1 unspecified atom stereocenters. The molecular weight excluding hydrogens is 232 g/mol. The first-order chi connectivity index (χ1) is 8.90. The van der Waals surface area contributed by atoms with Crippen LogP contribution in [0.4, 0.5) is 0 Å². The zero-order valence-electron chi connectivity index (χ0n) is 10.6. The van der Waals surface area contributed by atoms with Gasteiger partial charge in [0.1, 0.15) is 12.9 Å². The van der Waals surface area contributed by atoms with Gasteiger partial charge in [-0.15, -0.1) is 0 Å². The maximum Gasteiger partial charge on any atom is 0.393 e. The largest absolute Gasteiger partial charge is 0.447 e. The summed E-state index contributed by atoms with van der Waals surface area (Å²) in [6.07, 6.45) is 8.21. The van der Waals surface area contributed by atoms with Gasteiger partial charge in [0.25, 0.3) is 0 Å². The van der Waals surface area contributed by atoms with Crippen molar-refractivity contribution in [1.29, 1.82) is 0 Å². The lowest BCUT2D eigenvalue weighted by molar-refractivity contribution is -0.0167. The van der Waals surface area contributed by atoms with E-state index in [2.05, 4.69) is 10.3 Å². The lowest BCUT2D eigenvalue weighted by atomic mass is 10.1. The van der Waals surface area contributed by atoms with Crippen molar-refractivity contribution in [2.24, 2.45) is 0 Å². The van der Waals surface area contributed by atoms with Crippen molar-refractivity contribution < 1.29 is 13.9 Å². The monoisotopic (exact) mass is 252 g/mol. The number of nitrogens with one attached hydrogen (secondary N) is 1. The van der Waals surface area contributed by atoms with Crippen LogP contribution in [0, 0.1) is 0 Å². The van der Waals surface area contributed by atoms with Crippen molar-refractivity contribution in [2.75, 3.05) is 13.2 Å². The molecule has 2 aliphatic rings. The molecule has 1 aliphatic heterocycles. The highest BCUT2D eigenvalue weighted by Gasteiger charge is 2.21. The minimum Gasteiger partial charge on any atom is -0.447 e. The highest BCUT2D eigenvalue weighted by Crippen LogP contribution is 2.20. The molecule has 5 heteroatoms. The second-order valence-corrected chi connectivity index (χ2v) is 5.06. The van der Waals surface area contributed by atoms with E-state index >= 15 is 0 Å². The van der Waals surface area contributed by atoms with Crippen LogP contribution in [0.3, 0.4) is 0 Å². The fourth-order valence-electron chi connectivity index (χ4n) is 2.08. The molecule has 1 aromatic heterocycles. The molecule has 0 bridgehead atoms. The van der Waals surface area contributed by atoms with Crippen LogP contribution >= 0.6 is 0 Å². The van der Waals surface area contributed by atoms with Gasteiger partial charge in [-0.1, -0.05) is 0 Å². The molecule has 2 heterocycles. The summed E-state index contributed by atoms with van der Waals surface area (Å²) >= 11 is 0. The Morgan fingerprint density at radius 2 is 2.28 bits per heavy atom. The number of hydrogen-bond acceptors (Lipinski definition) is 5. The van der Waals surface area contributed by atoms with E-state index in [-0.39, 0.29) is 6.10 Å². The summed E-state index contributed by atoms with van der Waals surface area (Å²) in [5.41, 5.74) is 0.904. The summed E-state index contributed by atoms with van der Waals surface area (Å²) in [6, 6.07) is 0.682. The maximum absolute atomic E-state index is 5.59. The number of rotatable bonds is 6. The number of ether oxygens (including phenoxy) is 2. The van der Waals surface area contributed by atoms with Crippen molar-refractivity contribution in [1.82, 2.24) is 10.3 Å². The van der Waals surface area contributed by atoms with Gasteiger partial charge in [-0.2, -0.15) is 4.98 Å². The normalized spacial score (nSPS) is 24.1. The van der Waals surface area contributed by atoms with Crippen molar-refractivity contribution in [2.45, 2.75) is 50.8 Å². The van der Waals surface area contributed by atoms with E-state index in [0.29, 0.717) is 18.7 Å². The second-order valence-electron chi connectivity index (χ2n) is 5.06. The minimum atomic E-state index is 0.193. The molecule has 1 aromatic rings. The average Bonchev–Trinajstić information content (AvgIpc) is 3.14. The number of nitrogens with zero attached hydrogens (tertiary/aromatic N) is 1. The first-order valence-electron chi connectivity index (χ1n) is 6.82. The van der Waals surface area contributed by atoms with E-state index in [9.17, 15) is 0 Å². The molecule has 1 N–H and O–H groups in total. The lowest BCUT2D eigenvalue weighted by Crippen LogP contribution is -2.25. The Hall–Kier alpha value is -1.07. The van der Waals surface area contributed by atoms with E-state index in [4.69, 9.17) is 13.9 Å². The van der Waals surface area contributed by atoms with Gasteiger partial charge in [0.15, 0.2) is 0 Å². The van der Waals surface area contributed by atoms with Crippen LogP contribution < -0.4 is 10.1 Å². The van der Waals surface area contributed by atoms with E-state index in [1.54, 1.807) is 6.26 Å². The smallest absolute Gasteiger partial charge is 0.393 e. The zero-order chi connectivity index (χ0) is 12.2. The third kappa shape index (κ3) is 3.46. The van der Waals surface area contributed by atoms with Crippen LogP contribution in [-0.2, 0) is 11.3 Å². The van der Waals surface area contributed by atoms with Crippen molar-refractivity contribution >= 4 is 0 Å². The van der Waals surface area contributed by atoms with Crippen LogP contribution in [0.15, 0.2) is 10.7 Å². The van der Waals surface area contributed by atoms with Gasteiger partial charge in [0.2, 0.25) is 0 Å². The molecule has 1 atom stereocenters. The van der Waals surface area contributed by atoms with Gasteiger partial charge in [0, 0.05) is 19.2 Å². The highest BCUT2D eigenvalue weighted by molar-refractivity contribution is 5.00. The molecule has 0 spiro atoms. The van der Waals surface area contributed by atoms with Gasteiger partial charge < -0.3 is 19.2 Å². The second kappa shape index (κ2) is 5.71. The number of hydrogen-bond donors (Lipinski definition) is 1. The first-order valence-corrected chi connectivity index (χ1v) is 6.82. The summed E-state index contributed by atoms with van der Waals surface area (Å²) in [5, 5.41) is 3.39. The summed E-state index contributed by atoms with van der Waals surface area (Å²) < 4.78 is 16.4. The molecule has 100 valence electrons. The predicted molar refractivity (Wildman–Crippen MR) is 65.5 cm³/mol. The fourth-order valence-corrected chi connectivity index (χ4v) is 2.08. The summed E-state index contributed by atoms with van der Waals surface area (Å²) in [7, 11) is 0. The molecule has 1 saturated heterocycles. The highest BCUT2D eigenvalue weighted by atomic mass is 16.6. The van der Waals surface area contributed by atoms with Crippen LogP contribution in [-0.4, -0.2) is 30.3 Å². The first kappa shape index (κ1) is 12.0. The van der Waals surface area contributed by atoms with Crippen LogP contribution in [0.25, 0.3) is 0 Å². The predicted octanol–water partition coefficient (Wildman–Crippen LogP) is 1.87. The number of oxazole rings is 1. The topological polar surface area (TPSA) is 56.5 Å². The molecule has 5 nitrogen and oxygen atoms in total. The van der Waals surface area contributed by atoms with Crippen molar-refractivity contribution in [3.05, 3.63) is 12.0 Å². The standard InChI is InChI=1S/C13H20N2O3/c1-2-6-16-12(3-1)9-18-13-15-11(8-17-13)7-14-10-4-5-10/h8,10,12,14H,1-7,9H2. The van der Waals surface area contributed by atoms with Crippen LogP contribution in [0.1, 0.15) is 37.8 Å². The molecule has 1 aliphatic carbocycles. The summed E-state index contributed by atoms with van der Waals surface area (Å²) in [6.45, 7) is 2.14. The van der Waals surface area contributed by atoms with Gasteiger partial charge in [0.05, 0.1) is 11.8 Å². The van der Waals surface area contributed by atoms with Gasteiger partial charge in [-0.25, -0.2) is 0 Å². The molecule has 2 fully saturated rings. The Morgan fingerprint density at radius 3 is 3.06 bits per heavy atom. The molecular formula is C13H20N2O3. The molecule has 0 amide bonds. The average molecular weight is 252 g/mol. The molecule has 0 radical (unpaired) electrons.